The van der Waals surface area contributed by atoms with Crippen molar-refractivity contribution in [1.29, 1.82) is 0 Å². The Balaban J connectivity index is 1.77. The van der Waals surface area contributed by atoms with Crippen molar-refractivity contribution < 1.29 is 18.7 Å². The highest BCUT2D eigenvalue weighted by Crippen LogP contribution is 2.31. The van der Waals surface area contributed by atoms with Crippen molar-refractivity contribution in [2.75, 3.05) is 14.2 Å². The summed E-state index contributed by atoms with van der Waals surface area (Å²) in [5, 5.41) is 8.08. The number of rotatable bonds is 7. The van der Waals surface area contributed by atoms with E-state index in [0.717, 1.165) is 0 Å². The summed E-state index contributed by atoms with van der Waals surface area (Å²) in [6.45, 7) is 1.82. The molecule has 2 aromatic carbocycles. The predicted molar refractivity (Wildman–Crippen MR) is 98.9 cm³/mol. The van der Waals surface area contributed by atoms with Crippen LogP contribution in [0, 0.1) is 0 Å². The largest absolute Gasteiger partial charge is 0.497 e. The molecule has 0 amide bonds. The first-order valence-corrected chi connectivity index (χ1v) is 8.81. The second kappa shape index (κ2) is 8.05. The van der Waals surface area contributed by atoms with Gasteiger partial charge in [-0.25, -0.2) is 0 Å². The molecule has 7 heteroatoms. The summed E-state index contributed by atoms with van der Waals surface area (Å²) >= 11 is 1.23. The van der Waals surface area contributed by atoms with Crippen molar-refractivity contribution in [2.45, 2.75) is 17.4 Å². The van der Waals surface area contributed by atoms with Gasteiger partial charge in [-0.05, 0) is 19.1 Å². The van der Waals surface area contributed by atoms with E-state index in [1.807, 2.05) is 25.1 Å². The molecule has 1 aromatic heterocycles. The Hall–Kier alpha value is -2.80. The normalized spacial score (nSPS) is 11.8. The van der Waals surface area contributed by atoms with Gasteiger partial charge in [-0.2, -0.15) is 0 Å². The Morgan fingerprint density at radius 1 is 1.04 bits per heavy atom. The molecule has 0 saturated carbocycles. The number of Topliss-reactive ketones (excluding diaryl/α,β-unsaturated/α-hetero) is 1. The minimum absolute atomic E-state index is 0.0124. The highest BCUT2D eigenvalue weighted by Gasteiger charge is 2.20. The molecule has 0 bridgehead atoms. The van der Waals surface area contributed by atoms with Crippen LogP contribution >= 0.6 is 11.8 Å². The molecular weight excluding hydrogens is 352 g/mol. The van der Waals surface area contributed by atoms with Crippen molar-refractivity contribution in [1.82, 2.24) is 10.2 Å². The summed E-state index contributed by atoms with van der Waals surface area (Å²) in [5.74, 6) is 1.60. The highest BCUT2D eigenvalue weighted by molar-refractivity contribution is 8.00. The SMILES string of the molecule is COc1cc(OC)cc(-c2nnc(SC(C)C(=O)c3ccccc3)o2)c1. The quantitative estimate of drug-likeness (QED) is 0.457. The molecule has 1 unspecified atom stereocenters. The third-order valence-electron chi connectivity index (χ3n) is 3.71. The number of carbonyl (C=O) groups excluding carboxylic acids is 1. The van der Waals surface area contributed by atoms with E-state index < -0.39 is 0 Å². The Labute approximate surface area is 155 Å². The fourth-order valence-corrected chi connectivity index (χ4v) is 3.11. The van der Waals surface area contributed by atoms with Crippen LogP contribution in [0.3, 0.4) is 0 Å². The van der Waals surface area contributed by atoms with Crippen LogP contribution in [0.4, 0.5) is 0 Å². The fraction of sp³-hybridized carbons (Fsp3) is 0.211. The van der Waals surface area contributed by atoms with Gasteiger partial charge >= 0.3 is 0 Å². The number of hydrogen-bond acceptors (Lipinski definition) is 7. The number of ketones is 1. The molecule has 134 valence electrons. The van der Waals surface area contributed by atoms with Gasteiger partial charge in [0.15, 0.2) is 5.78 Å². The van der Waals surface area contributed by atoms with Crippen molar-refractivity contribution >= 4 is 17.5 Å². The molecule has 0 N–H and O–H groups in total. The molecule has 3 rings (SSSR count). The van der Waals surface area contributed by atoms with E-state index >= 15 is 0 Å². The number of benzene rings is 2. The average Bonchev–Trinajstić information content (AvgIpc) is 3.16. The first-order valence-electron chi connectivity index (χ1n) is 7.93. The molecule has 0 aliphatic heterocycles. The number of nitrogens with zero attached hydrogens (tertiary/aromatic N) is 2. The van der Waals surface area contributed by atoms with E-state index in [9.17, 15) is 4.79 Å². The van der Waals surface area contributed by atoms with Crippen LogP contribution in [0.1, 0.15) is 17.3 Å². The zero-order valence-electron chi connectivity index (χ0n) is 14.6. The van der Waals surface area contributed by atoms with Gasteiger partial charge < -0.3 is 13.9 Å². The van der Waals surface area contributed by atoms with Crippen molar-refractivity contribution in [2.24, 2.45) is 0 Å². The lowest BCUT2D eigenvalue weighted by atomic mass is 10.1. The van der Waals surface area contributed by atoms with E-state index in [0.29, 0.717) is 33.7 Å². The zero-order chi connectivity index (χ0) is 18.5. The lowest BCUT2D eigenvalue weighted by molar-refractivity contribution is 0.0993. The molecule has 0 radical (unpaired) electrons. The predicted octanol–water partition coefficient (Wildman–Crippen LogP) is 4.12. The number of methoxy groups -OCH3 is 2. The molecule has 26 heavy (non-hydrogen) atoms. The van der Waals surface area contributed by atoms with Crippen molar-refractivity contribution in [3.8, 4) is 23.0 Å². The van der Waals surface area contributed by atoms with E-state index in [1.54, 1.807) is 44.6 Å². The fourth-order valence-electron chi connectivity index (χ4n) is 2.35. The Kier molecular flexibility index (Phi) is 5.58. The molecular formula is C19H18N2O4S. The second-order valence-corrected chi connectivity index (χ2v) is 6.76. The van der Waals surface area contributed by atoms with E-state index in [-0.39, 0.29) is 11.0 Å². The zero-order valence-corrected chi connectivity index (χ0v) is 15.4. The molecule has 0 fully saturated rings. The Morgan fingerprint density at radius 3 is 2.31 bits per heavy atom. The summed E-state index contributed by atoms with van der Waals surface area (Å²) in [7, 11) is 3.15. The third kappa shape index (κ3) is 4.05. The molecule has 0 spiro atoms. The summed E-state index contributed by atoms with van der Waals surface area (Å²) in [6.07, 6.45) is 0. The molecule has 0 saturated heterocycles. The Morgan fingerprint density at radius 2 is 1.69 bits per heavy atom. The van der Waals surface area contributed by atoms with Crippen LogP contribution in [0.25, 0.3) is 11.5 Å². The van der Waals surface area contributed by atoms with Gasteiger partial charge in [0.25, 0.3) is 5.22 Å². The first kappa shape index (κ1) is 18.0. The standard InChI is InChI=1S/C19H18N2O4S/c1-12(17(22)13-7-5-4-6-8-13)26-19-21-20-18(25-19)14-9-15(23-2)11-16(10-14)24-3/h4-12H,1-3H3. The smallest absolute Gasteiger partial charge is 0.277 e. The molecule has 1 atom stereocenters. The number of aromatic nitrogens is 2. The lowest BCUT2D eigenvalue weighted by Crippen LogP contribution is -2.13. The minimum Gasteiger partial charge on any atom is -0.497 e. The average molecular weight is 370 g/mol. The van der Waals surface area contributed by atoms with Gasteiger partial charge in [-0.1, -0.05) is 42.1 Å². The molecule has 3 aromatic rings. The minimum atomic E-state index is -0.342. The van der Waals surface area contributed by atoms with Crippen molar-refractivity contribution in [3.63, 3.8) is 0 Å². The maximum Gasteiger partial charge on any atom is 0.277 e. The number of ether oxygens (including phenoxy) is 2. The highest BCUT2D eigenvalue weighted by atomic mass is 32.2. The van der Waals surface area contributed by atoms with Crippen LogP contribution in [-0.4, -0.2) is 35.5 Å². The first-order chi connectivity index (χ1) is 12.6. The molecule has 0 aliphatic carbocycles. The van der Waals surface area contributed by atoms with E-state index in [4.69, 9.17) is 13.9 Å². The van der Waals surface area contributed by atoms with Crippen LogP contribution < -0.4 is 9.47 Å². The van der Waals surface area contributed by atoms with Gasteiger partial charge in [-0.15, -0.1) is 10.2 Å². The molecule has 0 aliphatic rings. The monoisotopic (exact) mass is 370 g/mol. The van der Waals surface area contributed by atoms with Gasteiger partial charge in [0.1, 0.15) is 11.5 Å². The number of hydrogen-bond donors (Lipinski definition) is 0. The Bertz CT molecular complexity index is 873. The lowest BCUT2D eigenvalue weighted by Gasteiger charge is -2.07. The summed E-state index contributed by atoms with van der Waals surface area (Å²) < 4.78 is 16.2. The number of thioether (sulfide) groups is 1. The molecule has 1 heterocycles. The van der Waals surface area contributed by atoms with Gasteiger partial charge in [0.2, 0.25) is 5.89 Å². The van der Waals surface area contributed by atoms with Crippen molar-refractivity contribution in [3.05, 3.63) is 54.1 Å². The third-order valence-corrected chi connectivity index (χ3v) is 4.64. The van der Waals surface area contributed by atoms with Gasteiger partial charge in [-0.3, -0.25) is 4.79 Å². The maximum absolute atomic E-state index is 12.4. The van der Waals surface area contributed by atoms with Crippen LogP contribution in [-0.2, 0) is 0 Å². The van der Waals surface area contributed by atoms with E-state index in [1.165, 1.54) is 11.8 Å². The molecule has 6 nitrogen and oxygen atoms in total. The summed E-state index contributed by atoms with van der Waals surface area (Å²) in [5.41, 5.74) is 1.34. The summed E-state index contributed by atoms with van der Waals surface area (Å²) in [4.78, 5) is 12.4. The summed E-state index contributed by atoms with van der Waals surface area (Å²) in [6, 6.07) is 14.5. The topological polar surface area (TPSA) is 74.5 Å². The maximum atomic E-state index is 12.4. The van der Waals surface area contributed by atoms with Gasteiger partial charge in [0.05, 0.1) is 19.5 Å². The van der Waals surface area contributed by atoms with E-state index in [2.05, 4.69) is 10.2 Å². The van der Waals surface area contributed by atoms with Crippen LogP contribution in [0.15, 0.2) is 58.2 Å². The van der Waals surface area contributed by atoms with Crippen LogP contribution in [0.2, 0.25) is 0 Å². The number of carbonyl (C=O) groups is 1. The van der Waals surface area contributed by atoms with Gasteiger partial charge in [0, 0.05) is 17.2 Å². The van der Waals surface area contributed by atoms with Crippen LogP contribution in [0.5, 0.6) is 11.5 Å². The second-order valence-electron chi connectivity index (χ2n) is 5.46.